The lowest BCUT2D eigenvalue weighted by atomic mass is 10.3. The number of aryl methyl sites for hydroxylation is 1. The highest BCUT2D eigenvalue weighted by atomic mass is 79.9. The van der Waals surface area contributed by atoms with Crippen LogP contribution in [0.4, 0.5) is 13.2 Å². The molecule has 0 spiro atoms. The van der Waals surface area contributed by atoms with Crippen LogP contribution in [0.3, 0.4) is 0 Å². The van der Waals surface area contributed by atoms with Crippen LogP contribution in [0.2, 0.25) is 0 Å². The van der Waals surface area contributed by atoms with Crippen LogP contribution in [-0.4, -0.2) is 21.1 Å². The van der Waals surface area contributed by atoms with Gasteiger partial charge in [0.1, 0.15) is 17.9 Å². The zero-order valence-electron chi connectivity index (χ0n) is 9.07. The highest BCUT2D eigenvalue weighted by Crippen LogP contribution is 2.29. The maximum atomic E-state index is 12.1. The Kier molecular flexibility index (Phi) is 3.29. The Morgan fingerprint density at radius 1 is 1.33 bits per heavy atom. The van der Waals surface area contributed by atoms with Gasteiger partial charge in [-0.15, -0.1) is 13.2 Å². The first kappa shape index (κ1) is 12.9. The molecule has 18 heavy (non-hydrogen) atoms. The van der Waals surface area contributed by atoms with Gasteiger partial charge in [-0.25, -0.2) is 9.67 Å². The van der Waals surface area contributed by atoms with E-state index in [1.165, 1.54) is 29.2 Å². The minimum Gasteiger partial charge on any atom is -0.406 e. The molecule has 0 radical (unpaired) electrons. The van der Waals surface area contributed by atoms with Crippen molar-refractivity contribution < 1.29 is 17.9 Å². The van der Waals surface area contributed by atoms with Crippen LogP contribution in [0.1, 0.15) is 5.82 Å². The van der Waals surface area contributed by atoms with Gasteiger partial charge in [0.2, 0.25) is 0 Å². The molecule has 0 aliphatic rings. The fourth-order valence-corrected chi connectivity index (χ4v) is 1.76. The number of ether oxygens (including phenoxy) is 1. The number of aromatic nitrogens is 3. The number of hydrogen-bond donors (Lipinski definition) is 0. The third-order valence-electron chi connectivity index (χ3n) is 2.00. The average Bonchev–Trinajstić information content (AvgIpc) is 2.66. The van der Waals surface area contributed by atoms with Crippen molar-refractivity contribution in [3.05, 3.63) is 34.8 Å². The van der Waals surface area contributed by atoms with E-state index in [2.05, 4.69) is 30.7 Å². The van der Waals surface area contributed by atoms with E-state index in [1.54, 1.807) is 6.92 Å². The molecule has 1 heterocycles. The van der Waals surface area contributed by atoms with Gasteiger partial charge in [-0.05, 0) is 35.0 Å². The Bertz CT molecular complexity index is 568. The predicted octanol–water partition coefficient (Wildman–Crippen LogP) is 3.24. The zero-order chi connectivity index (χ0) is 13.3. The van der Waals surface area contributed by atoms with Crippen LogP contribution < -0.4 is 4.74 Å². The summed E-state index contributed by atoms with van der Waals surface area (Å²) in [5.41, 5.74) is 0.414. The molecule has 0 amide bonds. The van der Waals surface area contributed by atoms with Gasteiger partial charge in [0, 0.05) is 10.5 Å². The first-order chi connectivity index (χ1) is 8.35. The Morgan fingerprint density at radius 3 is 2.61 bits per heavy atom. The van der Waals surface area contributed by atoms with E-state index >= 15 is 0 Å². The van der Waals surface area contributed by atoms with Crippen molar-refractivity contribution >= 4 is 15.9 Å². The van der Waals surface area contributed by atoms with E-state index in [1.807, 2.05) is 0 Å². The van der Waals surface area contributed by atoms with E-state index in [0.717, 1.165) is 0 Å². The lowest BCUT2D eigenvalue weighted by Gasteiger charge is -2.11. The van der Waals surface area contributed by atoms with E-state index in [0.29, 0.717) is 16.0 Å². The van der Waals surface area contributed by atoms with E-state index < -0.39 is 6.36 Å². The molecule has 96 valence electrons. The Hall–Kier alpha value is -1.57. The van der Waals surface area contributed by atoms with Crippen LogP contribution in [-0.2, 0) is 0 Å². The number of benzene rings is 1. The molecule has 0 N–H and O–H groups in total. The topological polar surface area (TPSA) is 39.9 Å². The minimum atomic E-state index is -4.72. The van der Waals surface area contributed by atoms with Crippen LogP contribution in [0.15, 0.2) is 29.0 Å². The van der Waals surface area contributed by atoms with Crippen LogP contribution in [0, 0.1) is 6.92 Å². The first-order valence-electron chi connectivity index (χ1n) is 4.79. The van der Waals surface area contributed by atoms with Gasteiger partial charge in [0.05, 0.1) is 5.69 Å². The molecular formula is C10H7BrF3N3O. The molecule has 4 nitrogen and oxygen atoms in total. The molecule has 1 aromatic carbocycles. The van der Waals surface area contributed by atoms with E-state index in [-0.39, 0.29) is 5.75 Å². The van der Waals surface area contributed by atoms with Gasteiger partial charge in [0.15, 0.2) is 0 Å². The number of nitrogens with zero attached hydrogens (tertiary/aromatic N) is 3. The third kappa shape index (κ3) is 3.00. The highest BCUT2D eigenvalue weighted by Gasteiger charge is 2.31. The van der Waals surface area contributed by atoms with Gasteiger partial charge in [0.25, 0.3) is 0 Å². The summed E-state index contributed by atoms with van der Waals surface area (Å²) in [5, 5.41) is 4.02. The molecule has 0 aliphatic carbocycles. The summed E-state index contributed by atoms with van der Waals surface area (Å²) < 4.78 is 42.1. The van der Waals surface area contributed by atoms with Crippen LogP contribution in [0.25, 0.3) is 5.69 Å². The lowest BCUT2D eigenvalue weighted by Crippen LogP contribution is -2.17. The van der Waals surface area contributed by atoms with Crippen molar-refractivity contribution in [1.82, 2.24) is 14.8 Å². The standard InChI is InChI=1S/C10H7BrF3N3O/c1-6-15-5-17(16-6)9-4-7(2-3-8(9)11)18-10(12,13)14/h2-5H,1H3. The second kappa shape index (κ2) is 4.60. The summed E-state index contributed by atoms with van der Waals surface area (Å²) in [6.45, 7) is 1.68. The molecule has 0 aliphatic heterocycles. The van der Waals surface area contributed by atoms with Gasteiger partial charge in [-0.3, -0.25) is 0 Å². The van der Waals surface area contributed by atoms with Gasteiger partial charge in [-0.1, -0.05) is 0 Å². The van der Waals surface area contributed by atoms with E-state index in [4.69, 9.17) is 0 Å². The average molecular weight is 322 g/mol. The second-order valence-corrected chi connectivity index (χ2v) is 4.25. The molecule has 0 saturated heterocycles. The predicted molar refractivity (Wildman–Crippen MR) is 60.5 cm³/mol. The minimum absolute atomic E-state index is 0.311. The van der Waals surface area contributed by atoms with E-state index in [9.17, 15) is 13.2 Å². The van der Waals surface area contributed by atoms with Crippen molar-refractivity contribution in [3.8, 4) is 11.4 Å². The molecule has 2 rings (SSSR count). The molecule has 0 fully saturated rings. The fraction of sp³-hybridized carbons (Fsp3) is 0.200. The second-order valence-electron chi connectivity index (χ2n) is 3.40. The number of rotatable bonds is 2. The molecule has 2 aromatic rings. The number of hydrogen-bond acceptors (Lipinski definition) is 3. The molecule has 0 atom stereocenters. The molecule has 0 saturated carbocycles. The summed E-state index contributed by atoms with van der Waals surface area (Å²) in [7, 11) is 0. The largest absolute Gasteiger partial charge is 0.573 e. The van der Waals surface area contributed by atoms with Gasteiger partial charge >= 0.3 is 6.36 Å². The van der Waals surface area contributed by atoms with Gasteiger partial charge in [-0.2, -0.15) is 5.10 Å². The molecular weight excluding hydrogens is 315 g/mol. The summed E-state index contributed by atoms with van der Waals surface area (Å²) in [6, 6.07) is 3.89. The quantitative estimate of drug-likeness (QED) is 0.852. The SMILES string of the molecule is Cc1ncn(-c2cc(OC(F)(F)F)ccc2Br)n1. The third-order valence-corrected chi connectivity index (χ3v) is 2.67. The van der Waals surface area contributed by atoms with Crippen molar-refractivity contribution in [3.63, 3.8) is 0 Å². The fourth-order valence-electron chi connectivity index (χ4n) is 1.33. The summed E-state index contributed by atoms with van der Waals surface area (Å²) in [6.07, 6.45) is -3.31. The summed E-state index contributed by atoms with van der Waals surface area (Å²) in [4.78, 5) is 3.91. The maximum absolute atomic E-state index is 12.1. The number of halogens is 4. The normalized spacial score (nSPS) is 11.6. The Labute approximate surface area is 109 Å². The summed E-state index contributed by atoms with van der Waals surface area (Å²) in [5.74, 6) is 0.206. The summed E-state index contributed by atoms with van der Waals surface area (Å²) >= 11 is 3.23. The van der Waals surface area contributed by atoms with Crippen LogP contribution >= 0.6 is 15.9 Å². The van der Waals surface area contributed by atoms with Crippen molar-refractivity contribution in [2.24, 2.45) is 0 Å². The zero-order valence-corrected chi connectivity index (χ0v) is 10.7. The molecule has 1 aromatic heterocycles. The van der Waals surface area contributed by atoms with Crippen molar-refractivity contribution in [2.45, 2.75) is 13.3 Å². The van der Waals surface area contributed by atoms with Crippen molar-refractivity contribution in [1.29, 1.82) is 0 Å². The van der Waals surface area contributed by atoms with Crippen LogP contribution in [0.5, 0.6) is 5.75 Å². The molecule has 0 unspecified atom stereocenters. The highest BCUT2D eigenvalue weighted by molar-refractivity contribution is 9.10. The Balaban J connectivity index is 2.39. The lowest BCUT2D eigenvalue weighted by molar-refractivity contribution is -0.274. The molecule has 8 heteroatoms. The Morgan fingerprint density at radius 2 is 2.06 bits per heavy atom. The van der Waals surface area contributed by atoms with Crippen molar-refractivity contribution in [2.75, 3.05) is 0 Å². The maximum Gasteiger partial charge on any atom is 0.573 e. The molecule has 0 bridgehead atoms. The van der Waals surface area contributed by atoms with Gasteiger partial charge < -0.3 is 4.74 Å². The smallest absolute Gasteiger partial charge is 0.406 e. The monoisotopic (exact) mass is 321 g/mol. The number of alkyl halides is 3. The first-order valence-corrected chi connectivity index (χ1v) is 5.58.